The fraction of sp³-hybridized carbons (Fsp3) is 0.433. The van der Waals surface area contributed by atoms with Crippen LogP contribution in [0.3, 0.4) is 0 Å². The van der Waals surface area contributed by atoms with Gasteiger partial charge in [0.2, 0.25) is 11.8 Å². The van der Waals surface area contributed by atoms with Crippen LogP contribution in [0.5, 0.6) is 11.5 Å². The van der Waals surface area contributed by atoms with E-state index < -0.39 is 11.4 Å². The molecule has 0 amide bonds. The van der Waals surface area contributed by atoms with Crippen molar-refractivity contribution >= 4 is 5.97 Å². The van der Waals surface area contributed by atoms with Crippen LogP contribution in [0.25, 0.3) is 11.5 Å². The molecule has 2 aliphatic carbocycles. The van der Waals surface area contributed by atoms with E-state index in [2.05, 4.69) is 28.1 Å². The van der Waals surface area contributed by atoms with Crippen LogP contribution in [0.15, 0.2) is 46.9 Å². The first-order valence-corrected chi connectivity index (χ1v) is 13.0. The Morgan fingerprint density at radius 1 is 1.05 bits per heavy atom. The van der Waals surface area contributed by atoms with Gasteiger partial charge < -0.3 is 19.0 Å². The smallest absolute Gasteiger partial charge is 0.306 e. The van der Waals surface area contributed by atoms with Crippen molar-refractivity contribution in [1.29, 1.82) is 0 Å². The van der Waals surface area contributed by atoms with E-state index in [4.69, 9.17) is 13.9 Å². The molecule has 192 valence electrons. The molecule has 0 atom stereocenters. The van der Waals surface area contributed by atoms with Crippen LogP contribution in [-0.2, 0) is 10.2 Å². The molecule has 1 N–H and O–H groups in total. The monoisotopic (exact) mass is 500 g/mol. The predicted octanol–water partition coefficient (Wildman–Crippen LogP) is 5.94. The Balaban J connectivity index is 1.50. The van der Waals surface area contributed by atoms with Gasteiger partial charge in [-0.25, -0.2) is 0 Å². The highest BCUT2D eigenvalue weighted by Gasteiger charge is 2.38. The zero-order valence-corrected chi connectivity index (χ0v) is 21.3. The Bertz CT molecular complexity index is 1320. The van der Waals surface area contributed by atoms with Gasteiger partial charge in [-0.2, -0.15) is 0 Å². The highest BCUT2D eigenvalue weighted by Crippen LogP contribution is 2.44. The van der Waals surface area contributed by atoms with E-state index in [1.54, 1.807) is 14.0 Å². The number of hydrogen-bond acceptors (Lipinski definition) is 6. The Morgan fingerprint density at radius 3 is 2.51 bits per heavy atom. The quantitative estimate of drug-likeness (QED) is 0.419. The number of nitrogens with zero attached hydrogens (tertiary/aromatic N) is 2. The second-order valence-electron chi connectivity index (χ2n) is 10.0. The summed E-state index contributed by atoms with van der Waals surface area (Å²) in [5, 5.41) is 17.6. The molecule has 0 bridgehead atoms. The molecule has 37 heavy (non-hydrogen) atoms. The molecule has 2 saturated carbocycles. The summed E-state index contributed by atoms with van der Waals surface area (Å²) in [6, 6.07) is 13.8. The van der Waals surface area contributed by atoms with Crippen molar-refractivity contribution in [3.63, 3.8) is 0 Å². The molecule has 0 spiro atoms. The van der Waals surface area contributed by atoms with E-state index in [1.807, 2.05) is 36.4 Å². The number of carbonyl (C=O) groups is 1. The molecule has 1 heterocycles. The van der Waals surface area contributed by atoms with Gasteiger partial charge in [-0.3, -0.25) is 4.79 Å². The van der Waals surface area contributed by atoms with E-state index >= 15 is 0 Å². The normalized spacial score (nSPS) is 21.7. The third-order valence-electron chi connectivity index (χ3n) is 7.58. The third kappa shape index (κ3) is 5.48. The van der Waals surface area contributed by atoms with Crippen LogP contribution in [-0.4, -0.2) is 34.5 Å². The van der Waals surface area contributed by atoms with Gasteiger partial charge in [0.05, 0.1) is 24.5 Å². The van der Waals surface area contributed by atoms with Crippen molar-refractivity contribution in [2.75, 3.05) is 7.11 Å². The molecule has 5 rings (SSSR count). The Hall–Kier alpha value is -3.79. The molecular formula is C30H32N2O5. The lowest BCUT2D eigenvalue weighted by Gasteiger charge is -2.36. The molecule has 0 saturated heterocycles. The van der Waals surface area contributed by atoms with Crippen molar-refractivity contribution in [3.8, 4) is 34.8 Å². The van der Waals surface area contributed by atoms with Crippen LogP contribution < -0.4 is 9.47 Å². The molecule has 2 aromatic carbocycles. The number of benzene rings is 2. The Kier molecular flexibility index (Phi) is 7.18. The minimum absolute atomic E-state index is 0.199. The van der Waals surface area contributed by atoms with Crippen LogP contribution in [0.1, 0.15) is 68.4 Å². The predicted molar refractivity (Wildman–Crippen MR) is 138 cm³/mol. The summed E-state index contributed by atoms with van der Waals surface area (Å²) in [6.07, 6.45) is 7.14. The highest BCUT2D eigenvalue weighted by molar-refractivity contribution is 5.70. The SMILES string of the molecule is COc1ccc(C2(C#Cc3cccc(-c4nnc(C)o4)c3)CCC(C(=O)O)CC2)cc1OC1CCCC1. The van der Waals surface area contributed by atoms with E-state index in [0.29, 0.717) is 43.2 Å². The Labute approximate surface area is 217 Å². The van der Waals surface area contributed by atoms with Gasteiger partial charge >= 0.3 is 5.97 Å². The van der Waals surface area contributed by atoms with E-state index in [1.165, 1.54) is 12.8 Å². The summed E-state index contributed by atoms with van der Waals surface area (Å²) in [4.78, 5) is 11.7. The molecule has 0 aliphatic heterocycles. The fourth-order valence-electron chi connectivity index (χ4n) is 5.43. The van der Waals surface area contributed by atoms with Crippen LogP contribution in [0, 0.1) is 24.7 Å². The number of ether oxygens (including phenoxy) is 2. The molecule has 7 nitrogen and oxygen atoms in total. The minimum atomic E-state index is -0.732. The number of aryl methyl sites for hydroxylation is 1. The second-order valence-corrected chi connectivity index (χ2v) is 10.0. The highest BCUT2D eigenvalue weighted by atomic mass is 16.5. The van der Waals surface area contributed by atoms with E-state index in [0.717, 1.165) is 35.3 Å². The lowest BCUT2D eigenvalue weighted by atomic mass is 9.67. The lowest BCUT2D eigenvalue weighted by Crippen LogP contribution is -2.33. The maximum Gasteiger partial charge on any atom is 0.306 e. The van der Waals surface area contributed by atoms with E-state index in [9.17, 15) is 9.90 Å². The van der Waals surface area contributed by atoms with Gasteiger partial charge in [0.15, 0.2) is 11.5 Å². The van der Waals surface area contributed by atoms with Crippen molar-refractivity contribution in [3.05, 3.63) is 59.5 Å². The maximum atomic E-state index is 11.7. The van der Waals surface area contributed by atoms with Crippen molar-refractivity contribution in [2.24, 2.45) is 5.92 Å². The van der Waals surface area contributed by atoms with Gasteiger partial charge in [-0.1, -0.05) is 24.0 Å². The fourth-order valence-corrected chi connectivity index (χ4v) is 5.43. The first-order chi connectivity index (χ1) is 18.0. The largest absolute Gasteiger partial charge is 0.493 e. The first-order valence-electron chi connectivity index (χ1n) is 13.0. The molecule has 7 heteroatoms. The standard InChI is InChI=1S/C30H32N2O5/c1-20-31-32-28(36-20)23-7-5-6-21(18-23)12-15-30(16-13-22(14-17-30)29(33)34)24-10-11-26(35-2)27(19-24)37-25-8-3-4-9-25/h5-7,10-11,18-19,22,25H,3-4,8-9,13-14,16-17H2,1-2H3,(H,33,34). The number of aromatic nitrogens is 2. The summed E-state index contributed by atoms with van der Waals surface area (Å²) in [5.74, 6) is 8.28. The average Bonchev–Trinajstić information content (AvgIpc) is 3.59. The summed E-state index contributed by atoms with van der Waals surface area (Å²) in [7, 11) is 1.65. The molecule has 2 aliphatic rings. The Morgan fingerprint density at radius 2 is 1.84 bits per heavy atom. The van der Waals surface area contributed by atoms with Gasteiger partial charge in [0.1, 0.15) is 0 Å². The molecular weight excluding hydrogens is 468 g/mol. The van der Waals surface area contributed by atoms with Gasteiger partial charge in [-0.05, 0) is 87.3 Å². The van der Waals surface area contributed by atoms with Crippen molar-refractivity contribution < 1.29 is 23.8 Å². The third-order valence-corrected chi connectivity index (χ3v) is 7.58. The average molecular weight is 501 g/mol. The number of carboxylic acid groups (broad SMARTS) is 1. The number of methoxy groups -OCH3 is 1. The van der Waals surface area contributed by atoms with E-state index in [-0.39, 0.29) is 12.0 Å². The number of rotatable bonds is 6. The van der Waals surface area contributed by atoms with Crippen LogP contribution in [0.2, 0.25) is 0 Å². The molecule has 0 radical (unpaired) electrons. The molecule has 1 aromatic heterocycles. The van der Waals surface area contributed by atoms with Crippen LogP contribution in [0.4, 0.5) is 0 Å². The topological polar surface area (TPSA) is 94.7 Å². The molecule has 0 unspecified atom stereocenters. The van der Waals surface area contributed by atoms with Gasteiger partial charge in [0.25, 0.3) is 0 Å². The van der Waals surface area contributed by atoms with Gasteiger partial charge in [-0.15, -0.1) is 10.2 Å². The van der Waals surface area contributed by atoms with Gasteiger partial charge in [0, 0.05) is 18.1 Å². The lowest BCUT2D eigenvalue weighted by molar-refractivity contribution is -0.143. The zero-order valence-electron chi connectivity index (χ0n) is 21.3. The number of hydrogen-bond donors (Lipinski definition) is 1. The van der Waals surface area contributed by atoms with Crippen LogP contribution >= 0.6 is 0 Å². The number of aliphatic carboxylic acids is 1. The van der Waals surface area contributed by atoms with Crippen molar-refractivity contribution in [2.45, 2.75) is 69.8 Å². The summed E-state index contributed by atoms with van der Waals surface area (Å²) in [5.41, 5.74) is 2.21. The summed E-state index contributed by atoms with van der Waals surface area (Å²) < 4.78 is 17.6. The number of carboxylic acids is 1. The molecule has 3 aromatic rings. The summed E-state index contributed by atoms with van der Waals surface area (Å²) in [6.45, 7) is 1.76. The maximum absolute atomic E-state index is 11.7. The van der Waals surface area contributed by atoms with Crippen molar-refractivity contribution in [1.82, 2.24) is 10.2 Å². The first kappa shape index (κ1) is 24.9. The minimum Gasteiger partial charge on any atom is -0.493 e. The summed E-state index contributed by atoms with van der Waals surface area (Å²) >= 11 is 0. The molecule has 2 fully saturated rings. The second kappa shape index (κ2) is 10.7. The zero-order chi connectivity index (χ0) is 25.8.